The molecule has 18 heavy (non-hydrogen) atoms. The normalized spacial score (nSPS) is 40.2. The van der Waals surface area contributed by atoms with Crippen LogP contribution >= 0.6 is 0 Å². The fourth-order valence-electron chi connectivity index (χ4n) is 4.33. The van der Waals surface area contributed by atoms with Crippen molar-refractivity contribution < 1.29 is 9.84 Å². The van der Waals surface area contributed by atoms with E-state index in [9.17, 15) is 5.11 Å². The third-order valence-corrected chi connectivity index (χ3v) is 5.28. The standard InChI is InChI=1S/C15H27NO2/c17-15-6-3-4-13(15)14-5-1-2-9-16(14)12-7-10-18-11-8-12/h12-15,17H,1-11H2. The van der Waals surface area contributed by atoms with Crippen LogP contribution in [0.25, 0.3) is 0 Å². The molecule has 2 saturated heterocycles. The first-order valence-electron chi connectivity index (χ1n) is 7.88. The van der Waals surface area contributed by atoms with Gasteiger partial charge in [-0.3, -0.25) is 4.90 Å². The van der Waals surface area contributed by atoms with Gasteiger partial charge in [-0.2, -0.15) is 0 Å². The molecule has 2 heterocycles. The summed E-state index contributed by atoms with van der Waals surface area (Å²) < 4.78 is 5.50. The molecule has 3 nitrogen and oxygen atoms in total. The lowest BCUT2D eigenvalue weighted by atomic mass is 9.85. The molecule has 3 aliphatic rings. The van der Waals surface area contributed by atoms with Crippen LogP contribution in [0.2, 0.25) is 0 Å². The second kappa shape index (κ2) is 5.89. The Morgan fingerprint density at radius 1 is 0.889 bits per heavy atom. The Morgan fingerprint density at radius 3 is 2.44 bits per heavy atom. The van der Waals surface area contributed by atoms with Crippen LogP contribution in [0.3, 0.4) is 0 Å². The highest BCUT2D eigenvalue weighted by Gasteiger charge is 2.39. The van der Waals surface area contributed by atoms with Crippen LogP contribution in [0.1, 0.15) is 51.4 Å². The molecular formula is C15H27NO2. The van der Waals surface area contributed by atoms with Gasteiger partial charge in [0.15, 0.2) is 0 Å². The Kier molecular flexibility index (Phi) is 4.22. The molecule has 0 bridgehead atoms. The smallest absolute Gasteiger partial charge is 0.0583 e. The number of hydrogen-bond acceptors (Lipinski definition) is 3. The van der Waals surface area contributed by atoms with E-state index >= 15 is 0 Å². The van der Waals surface area contributed by atoms with Crippen molar-refractivity contribution in [3.63, 3.8) is 0 Å². The Morgan fingerprint density at radius 2 is 1.72 bits per heavy atom. The molecule has 0 aromatic heterocycles. The van der Waals surface area contributed by atoms with Gasteiger partial charge in [-0.05, 0) is 45.1 Å². The number of aliphatic hydroxyl groups excluding tert-OH is 1. The molecule has 0 amide bonds. The SMILES string of the molecule is OC1CCCC1C1CCCCN1C1CCOCC1. The first kappa shape index (κ1) is 12.9. The summed E-state index contributed by atoms with van der Waals surface area (Å²) in [5.74, 6) is 0.549. The predicted octanol–water partition coefficient (Wildman–Crippen LogP) is 2.18. The van der Waals surface area contributed by atoms with Crippen molar-refractivity contribution in [3.05, 3.63) is 0 Å². The average Bonchev–Trinajstić information content (AvgIpc) is 2.86. The van der Waals surface area contributed by atoms with Gasteiger partial charge in [-0.1, -0.05) is 12.8 Å². The van der Waals surface area contributed by atoms with Gasteiger partial charge >= 0.3 is 0 Å². The molecular weight excluding hydrogens is 226 g/mol. The van der Waals surface area contributed by atoms with Crippen molar-refractivity contribution in [2.45, 2.75) is 69.6 Å². The fraction of sp³-hybridized carbons (Fsp3) is 1.00. The summed E-state index contributed by atoms with van der Waals surface area (Å²) in [4.78, 5) is 2.74. The summed E-state index contributed by atoms with van der Waals surface area (Å²) in [6.45, 7) is 3.11. The highest BCUT2D eigenvalue weighted by Crippen LogP contribution is 2.37. The van der Waals surface area contributed by atoms with Crippen molar-refractivity contribution in [1.82, 2.24) is 4.90 Å². The Hall–Kier alpha value is -0.120. The highest BCUT2D eigenvalue weighted by atomic mass is 16.5. The Labute approximate surface area is 110 Å². The van der Waals surface area contributed by atoms with Crippen LogP contribution < -0.4 is 0 Å². The summed E-state index contributed by atoms with van der Waals surface area (Å²) in [5.41, 5.74) is 0. The summed E-state index contributed by atoms with van der Waals surface area (Å²) in [7, 11) is 0. The van der Waals surface area contributed by atoms with Crippen LogP contribution in [0.4, 0.5) is 0 Å². The number of nitrogens with zero attached hydrogens (tertiary/aromatic N) is 1. The summed E-state index contributed by atoms with van der Waals surface area (Å²) in [6, 6.07) is 1.37. The zero-order chi connectivity index (χ0) is 12.4. The molecule has 0 aromatic rings. The fourth-order valence-corrected chi connectivity index (χ4v) is 4.33. The maximum absolute atomic E-state index is 10.2. The van der Waals surface area contributed by atoms with Crippen LogP contribution in [-0.4, -0.2) is 48.0 Å². The zero-order valence-corrected chi connectivity index (χ0v) is 11.4. The van der Waals surface area contributed by atoms with E-state index in [1.807, 2.05) is 0 Å². The first-order valence-corrected chi connectivity index (χ1v) is 7.88. The van der Waals surface area contributed by atoms with Gasteiger partial charge < -0.3 is 9.84 Å². The molecule has 104 valence electrons. The van der Waals surface area contributed by atoms with Crippen LogP contribution in [0.5, 0.6) is 0 Å². The Balaban J connectivity index is 1.68. The molecule has 3 unspecified atom stereocenters. The maximum atomic E-state index is 10.2. The molecule has 3 atom stereocenters. The number of aliphatic hydroxyl groups is 1. The average molecular weight is 253 g/mol. The minimum absolute atomic E-state index is 0.0320. The summed E-state index contributed by atoms with van der Waals surface area (Å²) >= 11 is 0. The van der Waals surface area contributed by atoms with Crippen LogP contribution in [-0.2, 0) is 4.74 Å². The third kappa shape index (κ3) is 2.59. The third-order valence-electron chi connectivity index (χ3n) is 5.28. The van der Waals surface area contributed by atoms with E-state index in [-0.39, 0.29) is 6.10 Å². The second-order valence-electron chi connectivity index (χ2n) is 6.31. The van der Waals surface area contributed by atoms with Crippen molar-refractivity contribution in [1.29, 1.82) is 0 Å². The molecule has 1 saturated carbocycles. The molecule has 3 rings (SSSR count). The van der Waals surface area contributed by atoms with E-state index in [1.165, 1.54) is 51.5 Å². The van der Waals surface area contributed by atoms with Gasteiger partial charge in [0, 0.05) is 31.2 Å². The van der Waals surface area contributed by atoms with Crippen LogP contribution in [0, 0.1) is 5.92 Å². The van der Waals surface area contributed by atoms with E-state index < -0.39 is 0 Å². The molecule has 3 heteroatoms. The van der Waals surface area contributed by atoms with E-state index in [2.05, 4.69) is 4.90 Å². The lowest BCUT2D eigenvalue weighted by molar-refractivity contribution is -0.0279. The number of rotatable bonds is 2. The monoisotopic (exact) mass is 253 g/mol. The van der Waals surface area contributed by atoms with Crippen molar-refractivity contribution in [2.24, 2.45) is 5.92 Å². The van der Waals surface area contributed by atoms with E-state index in [0.29, 0.717) is 12.0 Å². The zero-order valence-electron chi connectivity index (χ0n) is 11.4. The lowest BCUT2D eigenvalue weighted by Crippen LogP contribution is -2.52. The van der Waals surface area contributed by atoms with E-state index in [1.54, 1.807) is 0 Å². The van der Waals surface area contributed by atoms with Crippen LogP contribution in [0.15, 0.2) is 0 Å². The van der Waals surface area contributed by atoms with E-state index in [0.717, 1.165) is 25.7 Å². The van der Waals surface area contributed by atoms with Gasteiger partial charge in [-0.15, -0.1) is 0 Å². The predicted molar refractivity (Wildman–Crippen MR) is 71.5 cm³/mol. The molecule has 2 aliphatic heterocycles. The van der Waals surface area contributed by atoms with Crippen molar-refractivity contribution in [3.8, 4) is 0 Å². The molecule has 0 radical (unpaired) electrons. The molecule has 1 N–H and O–H groups in total. The Bertz CT molecular complexity index is 265. The van der Waals surface area contributed by atoms with Gasteiger partial charge in [-0.25, -0.2) is 0 Å². The molecule has 0 aromatic carbocycles. The largest absolute Gasteiger partial charge is 0.393 e. The van der Waals surface area contributed by atoms with Gasteiger partial charge in [0.1, 0.15) is 0 Å². The lowest BCUT2D eigenvalue weighted by Gasteiger charge is -2.46. The quantitative estimate of drug-likeness (QED) is 0.819. The topological polar surface area (TPSA) is 32.7 Å². The van der Waals surface area contributed by atoms with Gasteiger partial charge in [0.2, 0.25) is 0 Å². The first-order chi connectivity index (χ1) is 8.86. The molecule has 0 spiro atoms. The molecule has 3 fully saturated rings. The van der Waals surface area contributed by atoms with Crippen molar-refractivity contribution >= 4 is 0 Å². The van der Waals surface area contributed by atoms with Crippen molar-refractivity contribution in [2.75, 3.05) is 19.8 Å². The maximum Gasteiger partial charge on any atom is 0.0583 e. The minimum atomic E-state index is -0.0320. The van der Waals surface area contributed by atoms with Gasteiger partial charge in [0.25, 0.3) is 0 Å². The number of ether oxygens (including phenoxy) is 1. The second-order valence-corrected chi connectivity index (χ2v) is 6.31. The summed E-state index contributed by atoms with van der Waals surface area (Å²) in [5, 5.41) is 10.2. The number of likely N-dealkylation sites (tertiary alicyclic amines) is 1. The summed E-state index contributed by atoms with van der Waals surface area (Å²) in [6.07, 6.45) is 9.86. The number of hydrogen-bond donors (Lipinski definition) is 1. The van der Waals surface area contributed by atoms with E-state index in [4.69, 9.17) is 4.74 Å². The van der Waals surface area contributed by atoms with Gasteiger partial charge in [0.05, 0.1) is 6.10 Å². The highest BCUT2D eigenvalue weighted by molar-refractivity contribution is 4.93. The number of piperidine rings is 1. The minimum Gasteiger partial charge on any atom is -0.393 e. The molecule has 1 aliphatic carbocycles.